The van der Waals surface area contributed by atoms with Gasteiger partial charge >= 0.3 is 0 Å². The van der Waals surface area contributed by atoms with Crippen LogP contribution in [0.4, 0.5) is 5.13 Å². The smallest absolute Gasteiger partial charge is 0.251 e. The second kappa shape index (κ2) is 5.93. The Morgan fingerprint density at radius 2 is 2.04 bits per heavy atom. The van der Waals surface area contributed by atoms with E-state index in [1.54, 1.807) is 6.07 Å². The number of nitrogen functional groups attached to an aromatic ring is 1. The first kappa shape index (κ1) is 14.6. The number of nitrogens with two attached hydrogens (primary N) is 1. The van der Waals surface area contributed by atoms with Gasteiger partial charge in [-0.1, -0.05) is 23.5 Å². The number of aromatic amines is 1. The van der Waals surface area contributed by atoms with Gasteiger partial charge in [0.2, 0.25) is 0 Å². The summed E-state index contributed by atoms with van der Waals surface area (Å²) in [6.07, 6.45) is 0.649. The highest BCUT2D eigenvalue weighted by atomic mass is 32.1. The van der Waals surface area contributed by atoms with Gasteiger partial charge in [-0.2, -0.15) is 0 Å². The Bertz CT molecular complexity index is 1000. The quantitative estimate of drug-likeness (QED) is 0.533. The Hall–Kier alpha value is -2.93. The molecule has 0 radical (unpaired) electrons. The van der Waals surface area contributed by atoms with E-state index in [9.17, 15) is 4.79 Å². The number of anilines is 1. The summed E-state index contributed by atoms with van der Waals surface area (Å²) in [5, 5.41) is 3.42. The minimum absolute atomic E-state index is 0.111. The van der Waals surface area contributed by atoms with Gasteiger partial charge in [0.05, 0.1) is 21.3 Å². The Balaban J connectivity index is 1.41. The lowest BCUT2D eigenvalue weighted by atomic mass is 10.2. The largest absolute Gasteiger partial charge is 0.375 e. The van der Waals surface area contributed by atoms with E-state index in [-0.39, 0.29) is 5.91 Å². The minimum Gasteiger partial charge on any atom is -0.375 e. The number of H-pyrrole nitrogens is 1. The van der Waals surface area contributed by atoms with Crippen molar-refractivity contribution in [3.05, 3.63) is 53.9 Å². The summed E-state index contributed by atoms with van der Waals surface area (Å²) in [4.78, 5) is 24.2. The van der Waals surface area contributed by atoms with Crippen molar-refractivity contribution in [3.8, 4) is 0 Å². The number of nitrogens with one attached hydrogen (secondary N) is 2. The van der Waals surface area contributed by atoms with Crippen molar-refractivity contribution < 1.29 is 4.79 Å². The zero-order valence-electron chi connectivity index (χ0n) is 12.7. The van der Waals surface area contributed by atoms with E-state index in [1.165, 1.54) is 11.3 Å². The van der Waals surface area contributed by atoms with Gasteiger partial charge in [0.1, 0.15) is 5.82 Å². The van der Waals surface area contributed by atoms with Crippen LogP contribution in [0.2, 0.25) is 0 Å². The Labute approximate surface area is 141 Å². The number of carbonyl (C=O) groups excluding carboxylic acids is 1. The summed E-state index contributed by atoms with van der Waals surface area (Å²) in [6, 6.07) is 13.3. The first-order valence-corrected chi connectivity index (χ1v) is 8.38. The number of amides is 1. The van der Waals surface area contributed by atoms with Crippen molar-refractivity contribution >= 4 is 43.6 Å². The molecule has 0 aliphatic heterocycles. The van der Waals surface area contributed by atoms with Crippen molar-refractivity contribution in [1.82, 2.24) is 20.3 Å². The molecule has 0 aliphatic carbocycles. The van der Waals surface area contributed by atoms with Gasteiger partial charge in [0.15, 0.2) is 5.13 Å². The van der Waals surface area contributed by atoms with Crippen LogP contribution < -0.4 is 11.1 Å². The molecular weight excluding hydrogens is 322 g/mol. The monoisotopic (exact) mass is 337 g/mol. The van der Waals surface area contributed by atoms with Gasteiger partial charge in [0, 0.05) is 18.5 Å². The summed E-state index contributed by atoms with van der Waals surface area (Å²) < 4.78 is 0.914. The van der Waals surface area contributed by atoms with E-state index in [4.69, 9.17) is 5.73 Å². The molecule has 2 heterocycles. The normalized spacial score (nSPS) is 11.2. The number of aromatic nitrogens is 3. The molecular formula is C17H15N5OS. The van der Waals surface area contributed by atoms with Crippen molar-refractivity contribution in [2.75, 3.05) is 12.3 Å². The first-order valence-electron chi connectivity index (χ1n) is 7.57. The molecule has 0 atom stereocenters. The molecule has 2 aromatic carbocycles. The minimum atomic E-state index is -0.111. The molecule has 4 rings (SSSR count). The summed E-state index contributed by atoms with van der Waals surface area (Å²) in [6.45, 7) is 0.515. The topological polar surface area (TPSA) is 96.7 Å². The number of nitrogens with zero attached hydrogens (tertiary/aromatic N) is 2. The van der Waals surface area contributed by atoms with Gasteiger partial charge < -0.3 is 16.0 Å². The van der Waals surface area contributed by atoms with Crippen molar-refractivity contribution in [2.24, 2.45) is 0 Å². The Kier molecular flexibility index (Phi) is 3.62. The second-order valence-electron chi connectivity index (χ2n) is 5.44. The highest BCUT2D eigenvalue weighted by Crippen LogP contribution is 2.24. The van der Waals surface area contributed by atoms with Crippen LogP contribution in [0.3, 0.4) is 0 Å². The van der Waals surface area contributed by atoms with E-state index in [1.807, 2.05) is 36.4 Å². The van der Waals surface area contributed by atoms with Crippen LogP contribution in [0, 0.1) is 0 Å². The highest BCUT2D eigenvalue weighted by Gasteiger charge is 2.09. The zero-order valence-corrected chi connectivity index (χ0v) is 13.6. The summed E-state index contributed by atoms with van der Waals surface area (Å²) >= 11 is 1.38. The molecule has 0 aliphatic rings. The Morgan fingerprint density at radius 3 is 2.92 bits per heavy atom. The van der Waals surface area contributed by atoms with Gasteiger partial charge in [-0.25, -0.2) is 9.97 Å². The molecule has 0 spiro atoms. The van der Waals surface area contributed by atoms with E-state index >= 15 is 0 Å². The molecule has 0 saturated heterocycles. The molecule has 7 heteroatoms. The van der Waals surface area contributed by atoms with E-state index in [0.717, 1.165) is 27.1 Å². The highest BCUT2D eigenvalue weighted by molar-refractivity contribution is 7.22. The SMILES string of the molecule is Nc1nc2ccc(C(=O)NCCc3nc4ccccc4[nH]3)cc2s1. The third-order valence-electron chi connectivity index (χ3n) is 3.75. The van der Waals surface area contributed by atoms with Crippen LogP contribution in [0.15, 0.2) is 42.5 Å². The second-order valence-corrected chi connectivity index (χ2v) is 6.50. The zero-order chi connectivity index (χ0) is 16.5. The van der Waals surface area contributed by atoms with Gasteiger partial charge in [0.25, 0.3) is 5.91 Å². The third kappa shape index (κ3) is 2.81. The number of rotatable bonds is 4. The van der Waals surface area contributed by atoms with Gasteiger partial charge in [-0.05, 0) is 30.3 Å². The predicted molar refractivity (Wildman–Crippen MR) is 96.2 cm³/mol. The average Bonchev–Trinajstić information content (AvgIpc) is 3.15. The van der Waals surface area contributed by atoms with Crippen LogP contribution in [0.25, 0.3) is 21.3 Å². The van der Waals surface area contributed by atoms with Gasteiger partial charge in [-0.3, -0.25) is 4.79 Å². The summed E-state index contributed by atoms with van der Waals surface area (Å²) in [5.41, 5.74) is 9.06. The van der Waals surface area contributed by atoms with Crippen molar-refractivity contribution in [2.45, 2.75) is 6.42 Å². The van der Waals surface area contributed by atoms with Crippen LogP contribution in [0.1, 0.15) is 16.2 Å². The molecule has 0 fully saturated rings. The molecule has 120 valence electrons. The number of fused-ring (bicyclic) bond motifs is 2. The molecule has 0 saturated carbocycles. The number of hydrogen-bond donors (Lipinski definition) is 3. The maximum atomic E-state index is 12.3. The van der Waals surface area contributed by atoms with Crippen LogP contribution in [-0.2, 0) is 6.42 Å². The van der Waals surface area contributed by atoms with Crippen molar-refractivity contribution in [3.63, 3.8) is 0 Å². The number of hydrogen-bond acceptors (Lipinski definition) is 5. The lowest BCUT2D eigenvalue weighted by molar-refractivity contribution is 0.0954. The summed E-state index contributed by atoms with van der Waals surface area (Å²) in [7, 11) is 0. The fourth-order valence-electron chi connectivity index (χ4n) is 2.60. The molecule has 4 N–H and O–H groups in total. The number of carbonyl (C=O) groups is 1. The molecule has 4 aromatic rings. The molecule has 2 aromatic heterocycles. The lowest BCUT2D eigenvalue weighted by Gasteiger charge is -2.04. The molecule has 0 bridgehead atoms. The maximum absolute atomic E-state index is 12.3. The summed E-state index contributed by atoms with van der Waals surface area (Å²) in [5.74, 6) is 0.752. The van der Waals surface area contributed by atoms with Crippen LogP contribution in [0.5, 0.6) is 0 Å². The Morgan fingerprint density at radius 1 is 1.17 bits per heavy atom. The molecule has 6 nitrogen and oxygen atoms in total. The molecule has 24 heavy (non-hydrogen) atoms. The predicted octanol–water partition coefficient (Wildman–Crippen LogP) is 2.73. The number of para-hydroxylation sites is 2. The number of imidazole rings is 1. The molecule has 0 unspecified atom stereocenters. The van der Waals surface area contributed by atoms with E-state index in [0.29, 0.717) is 23.7 Å². The van der Waals surface area contributed by atoms with Crippen molar-refractivity contribution in [1.29, 1.82) is 0 Å². The van der Waals surface area contributed by atoms with E-state index in [2.05, 4.69) is 20.3 Å². The van der Waals surface area contributed by atoms with Gasteiger partial charge in [-0.15, -0.1) is 0 Å². The average molecular weight is 337 g/mol. The van der Waals surface area contributed by atoms with Crippen LogP contribution in [-0.4, -0.2) is 27.4 Å². The fourth-order valence-corrected chi connectivity index (χ4v) is 3.38. The standard InChI is InChI=1S/C17H15N5OS/c18-17-22-13-6-5-10(9-14(13)24-17)16(23)19-8-7-15-20-11-3-1-2-4-12(11)21-15/h1-6,9H,7-8H2,(H2,18,22)(H,19,23)(H,20,21). The lowest BCUT2D eigenvalue weighted by Crippen LogP contribution is -2.25. The molecule has 1 amide bonds. The number of benzene rings is 2. The fraction of sp³-hybridized carbons (Fsp3) is 0.118. The van der Waals surface area contributed by atoms with E-state index < -0.39 is 0 Å². The van der Waals surface area contributed by atoms with Crippen LogP contribution >= 0.6 is 11.3 Å². The third-order valence-corrected chi connectivity index (χ3v) is 4.60. The first-order chi connectivity index (χ1) is 11.7. The maximum Gasteiger partial charge on any atom is 0.251 e. The number of thiazole rings is 1.